The summed E-state index contributed by atoms with van der Waals surface area (Å²) in [7, 11) is 0. The highest BCUT2D eigenvalue weighted by Gasteiger charge is 2.34. The molecule has 0 aliphatic rings. The Labute approximate surface area is 420 Å². The summed E-state index contributed by atoms with van der Waals surface area (Å²) in [5.41, 5.74) is 11.3. The average molecular weight is 1020 g/mol. The molecule has 14 heteroatoms. The second-order valence-electron chi connectivity index (χ2n) is 18.4. The van der Waals surface area contributed by atoms with Gasteiger partial charge in [0, 0.05) is 29.9 Å². The molecule has 0 aromatic carbocycles. The summed E-state index contributed by atoms with van der Waals surface area (Å²) in [4.78, 5) is 11.4. The number of nitrogens with one attached hydrogen (secondary N) is 2. The zero-order chi connectivity index (χ0) is 50.6. The maximum atomic E-state index is 13.8. The molecule has 0 unspecified atom stereocenters. The Hall–Kier alpha value is -3.75. The largest absolute Gasteiger partial charge is 0.430 e. The quantitative estimate of drug-likeness (QED) is 0.0222. The third kappa shape index (κ3) is 17.8. The Bertz CT molecular complexity index is 2230. The minimum atomic E-state index is -4.93. The van der Waals surface area contributed by atoms with Crippen molar-refractivity contribution in [1.29, 1.82) is 10.8 Å². The number of thiophene rings is 3. The molecule has 0 saturated heterocycles. The van der Waals surface area contributed by atoms with Gasteiger partial charge in [0.1, 0.15) is 11.4 Å². The third-order valence-corrected chi connectivity index (χ3v) is 16.4. The van der Waals surface area contributed by atoms with Gasteiger partial charge in [-0.1, -0.05) is 131 Å². The number of nitrogens with zero attached hydrogens (tertiary/aromatic N) is 1. The summed E-state index contributed by atoms with van der Waals surface area (Å²) in [6.45, 7) is 11.0. The molecule has 0 fully saturated rings. The number of aromatic nitrogens is 1. The van der Waals surface area contributed by atoms with Crippen LogP contribution in [0, 0.1) is 10.8 Å². The number of hydrogen-bond donors (Lipinski definition) is 4. The molecule has 0 bridgehead atoms. The van der Waals surface area contributed by atoms with Gasteiger partial charge in [-0.2, -0.15) is 26.3 Å². The fraction of sp³-hybridized carbons (Fsp3) is 0.582. The summed E-state index contributed by atoms with van der Waals surface area (Å²) in [5, 5.41) is 17.6. The molecule has 0 radical (unpaired) electrons. The Morgan fingerprint density at radius 1 is 0.478 bits per heavy atom. The first-order valence-electron chi connectivity index (χ1n) is 25.7. The van der Waals surface area contributed by atoms with Crippen LogP contribution >= 0.6 is 34.0 Å². The van der Waals surface area contributed by atoms with E-state index in [1.807, 2.05) is 22.7 Å². The van der Waals surface area contributed by atoms with Crippen molar-refractivity contribution in [3.63, 3.8) is 0 Å². The molecule has 4 heterocycles. The van der Waals surface area contributed by atoms with E-state index in [2.05, 4.69) is 51.7 Å². The Balaban J connectivity index is 2.17. The van der Waals surface area contributed by atoms with E-state index in [1.165, 1.54) is 61.2 Å². The lowest BCUT2D eigenvalue weighted by Crippen LogP contribution is -2.21. The highest BCUT2D eigenvalue weighted by molar-refractivity contribution is 7.25. The van der Waals surface area contributed by atoms with Crippen LogP contribution in [0.4, 0.5) is 26.3 Å². The molecule has 382 valence electrons. The monoisotopic (exact) mass is 1020 g/mol. The molecule has 5 nitrogen and oxygen atoms in total. The molecule has 69 heavy (non-hydrogen) atoms. The predicted octanol–water partition coefficient (Wildman–Crippen LogP) is 18.4. The maximum Gasteiger partial charge on any atom is 0.430 e. The second kappa shape index (κ2) is 28.9. The number of pyridine rings is 1. The first kappa shape index (κ1) is 57.8. The van der Waals surface area contributed by atoms with Crippen LogP contribution in [0.5, 0.6) is 0 Å². The molecule has 0 spiro atoms. The number of unbranched alkanes of at least 4 members (excludes halogenated alkanes) is 15. The average Bonchev–Trinajstić information content (AvgIpc) is 4.02. The molecule has 0 aliphatic heterocycles. The molecule has 4 aromatic rings. The van der Waals surface area contributed by atoms with Gasteiger partial charge >= 0.3 is 12.4 Å². The molecule has 0 amide bonds. The number of alkyl halides is 6. The summed E-state index contributed by atoms with van der Waals surface area (Å²) >= 11 is 5.35. The summed E-state index contributed by atoms with van der Waals surface area (Å²) < 4.78 is 82.6. The molecule has 0 saturated carbocycles. The van der Waals surface area contributed by atoms with Gasteiger partial charge in [0.05, 0.1) is 27.7 Å². The second-order valence-corrected chi connectivity index (χ2v) is 21.7. The minimum absolute atomic E-state index is 0.254. The van der Waals surface area contributed by atoms with E-state index in [0.29, 0.717) is 24.1 Å². The summed E-state index contributed by atoms with van der Waals surface area (Å²) in [6, 6.07) is 7.91. The fourth-order valence-corrected chi connectivity index (χ4v) is 12.7. The van der Waals surface area contributed by atoms with E-state index in [1.54, 1.807) is 11.3 Å². The van der Waals surface area contributed by atoms with Crippen molar-refractivity contribution < 1.29 is 26.3 Å². The van der Waals surface area contributed by atoms with Crippen LogP contribution in [0.1, 0.15) is 201 Å². The zero-order valence-corrected chi connectivity index (χ0v) is 44.2. The first-order valence-corrected chi connectivity index (χ1v) is 28.1. The summed E-state index contributed by atoms with van der Waals surface area (Å²) in [5.74, 6) is 0. The Morgan fingerprint density at radius 3 is 1.26 bits per heavy atom. The van der Waals surface area contributed by atoms with Gasteiger partial charge < -0.3 is 11.5 Å². The van der Waals surface area contributed by atoms with E-state index in [4.69, 9.17) is 22.3 Å². The number of nitrogens with two attached hydrogens (primary N) is 2. The van der Waals surface area contributed by atoms with E-state index >= 15 is 0 Å². The van der Waals surface area contributed by atoms with Gasteiger partial charge in [0.15, 0.2) is 0 Å². The third-order valence-electron chi connectivity index (χ3n) is 12.5. The standard InChI is InChI=1S/C55H77F6N5S3/c1-6-11-16-21-26-37-31-40(28-23-18-13-8-3)67-51(37)49-42(30-25-20-15-10-5)50(69-53(49)52-38(27-22-17-12-7-2)32-41(68-52)29-24-19-14-9-4)39-33-45(43(62)35-47(64)54(56,57)58)66-46(34-39)44(63)36-48(65)55(59,60)61/h31-36,62-63H,6-30,64-65H2,1-5H3/b47-35-,48-36-,62-43?,63-44?. The summed E-state index contributed by atoms with van der Waals surface area (Å²) in [6.07, 6.45) is 17.6. The van der Waals surface area contributed by atoms with E-state index in [0.717, 1.165) is 157 Å². The van der Waals surface area contributed by atoms with Gasteiger partial charge in [-0.05, 0) is 123 Å². The van der Waals surface area contributed by atoms with Crippen molar-refractivity contribution in [3.8, 4) is 30.6 Å². The van der Waals surface area contributed by atoms with Crippen molar-refractivity contribution in [2.75, 3.05) is 0 Å². The van der Waals surface area contributed by atoms with Gasteiger partial charge in [0.2, 0.25) is 0 Å². The van der Waals surface area contributed by atoms with Crippen LogP contribution in [0.2, 0.25) is 0 Å². The lowest BCUT2D eigenvalue weighted by atomic mass is 9.93. The number of hydrogen-bond acceptors (Lipinski definition) is 8. The van der Waals surface area contributed by atoms with E-state index < -0.39 is 35.2 Å². The normalized spacial score (nSPS) is 12.7. The van der Waals surface area contributed by atoms with Crippen molar-refractivity contribution in [2.45, 2.75) is 207 Å². The Kier molecular flexibility index (Phi) is 24.2. The molecule has 0 atom stereocenters. The van der Waals surface area contributed by atoms with Crippen LogP contribution in [0.3, 0.4) is 0 Å². The highest BCUT2D eigenvalue weighted by atomic mass is 32.1. The van der Waals surface area contributed by atoms with Crippen molar-refractivity contribution in [3.05, 3.63) is 85.6 Å². The SMILES string of the molecule is CCCCCCc1cc(CCCCCC)c(-c2sc(-c3cc(C(=N)/C=C(\N)C(F)(F)F)nc(C(=N)/C=C(\N)C(F)(F)F)c3)c(CCCCCC)c2-c2sc(CCCCCC)cc2CCCCCC)s1. The first-order chi connectivity index (χ1) is 33.0. The Morgan fingerprint density at radius 2 is 0.855 bits per heavy atom. The topological polar surface area (TPSA) is 113 Å². The van der Waals surface area contributed by atoms with Crippen LogP contribution in [-0.2, 0) is 32.1 Å². The van der Waals surface area contributed by atoms with Gasteiger partial charge in [0.25, 0.3) is 0 Å². The lowest BCUT2D eigenvalue weighted by Gasteiger charge is -2.13. The van der Waals surface area contributed by atoms with E-state index in [-0.39, 0.29) is 11.4 Å². The van der Waals surface area contributed by atoms with Gasteiger partial charge in [-0.15, -0.1) is 34.0 Å². The van der Waals surface area contributed by atoms with Crippen molar-refractivity contribution in [1.82, 2.24) is 4.98 Å². The van der Waals surface area contributed by atoms with Crippen LogP contribution < -0.4 is 11.5 Å². The number of allylic oxidation sites excluding steroid dienone is 4. The smallest absolute Gasteiger partial charge is 0.395 e. The number of aryl methyl sites for hydroxylation is 4. The highest BCUT2D eigenvalue weighted by Crippen LogP contribution is 2.54. The molecule has 4 rings (SSSR count). The predicted molar refractivity (Wildman–Crippen MR) is 284 cm³/mol. The molecular formula is C55H77F6N5S3. The fourth-order valence-electron chi connectivity index (χ4n) is 8.56. The zero-order valence-electron chi connectivity index (χ0n) is 41.7. The van der Waals surface area contributed by atoms with Gasteiger partial charge in [-0.25, -0.2) is 4.98 Å². The van der Waals surface area contributed by atoms with Crippen molar-refractivity contribution in [2.24, 2.45) is 11.5 Å². The number of rotatable bonds is 32. The van der Waals surface area contributed by atoms with Crippen LogP contribution in [0.15, 0.2) is 47.8 Å². The van der Waals surface area contributed by atoms with Crippen molar-refractivity contribution >= 4 is 45.4 Å². The molecule has 6 N–H and O–H groups in total. The minimum Gasteiger partial charge on any atom is -0.395 e. The molecule has 0 aliphatic carbocycles. The van der Waals surface area contributed by atoms with Crippen LogP contribution in [0.25, 0.3) is 30.6 Å². The maximum absolute atomic E-state index is 13.8. The molecular weight excluding hydrogens is 941 g/mol. The van der Waals surface area contributed by atoms with Crippen LogP contribution in [-0.4, -0.2) is 28.8 Å². The van der Waals surface area contributed by atoms with E-state index in [9.17, 15) is 26.3 Å². The lowest BCUT2D eigenvalue weighted by molar-refractivity contribution is -0.0933. The molecule has 4 aromatic heterocycles. The van der Waals surface area contributed by atoms with Gasteiger partial charge in [-0.3, -0.25) is 10.8 Å². The number of halogens is 6.